The minimum absolute atomic E-state index is 0.0654. The first-order valence-corrected chi connectivity index (χ1v) is 11.8. The predicted molar refractivity (Wildman–Crippen MR) is 117 cm³/mol. The van der Waals surface area contributed by atoms with Crippen LogP contribution in [0.4, 0.5) is 0 Å². The molecule has 0 N–H and O–H groups in total. The van der Waals surface area contributed by atoms with Crippen LogP contribution in [0, 0.1) is 29.6 Å². The van der Waals surface area contributed by atoms with Crippen LogP contribution in [0.25, 0.3) is 0 Å². The van der Waals surface area contributed by atoms with E-state index in [1.54, 1.807) is 0 Å². The van der Waals surface area contributed by atoms with E-state index < -0.39 is 0 Å². The molecule has 0 radical (unpaired) electrons. The molecule has 1 saturated carbocycles. The molecule has 5 nitrogen and oxygen atoms in total. The van der Waals surface area contributed by atoms with Gasteiger partial charge in [-0.15, -0.1) is 0 Å². The minimum Gasteiger partial charge on any atom is -0.493 e. The van der Waals surface area contributed by atoms with E-state index in [2.05, 4.69) is 4.90 Å². The fourth-order valence-corrected chi connectivity index (χ4v) is 5.33. The highest BCUT2D eigenvalue weighted by Gasteiger charge is 2.43. The molecule has 30 heavy (non-hydrogen) atoms. The van der Waals surface area contributed by atoms with E-state index in [0.29, 0.717) is 30.3 Å². The maximum atomic E-state index is 12.9. The van der Waals surface area contributed by atoms with Crippen molar-refractivity contribution in [2.24, 2.45) is 29.6 Å². The number of nitrogens with zero attached hydrogens (tertiary/aromatic N) is 2. The summed E-state index contributed by atoms with van der Waals surface area (Å²) in [7, 11) is 0. The molecule has 2 saturated heterocycles. The van der Waals surface area contributed by atoms with Crippen LogP contribution in [0.15, 0.2) is 30.3 Å². The zero-order valence-corrected chi connectivity index (χ0v) is 18.5. The van der Waals surface area contributed by atoms with Crippen molar-refractivity contribution in [2.45, 2.75) is 46.0 Å². The van der Waals surface area contributed by atoms with Gasteiger partial charge in [0.05, 0.1) is 6.61 Å². The fourth-order valence-electron chi connectivity index (χ4n) is 5.33. The predicted octanol–water partition coefficient (Wildman–Crippen LogP) is 3.83. The van der Waals surface area contributed by atoms with Crippen molar-refractivity contribution in [3.05, 3.63) is 30.3 Å². The van der Waals surface area contributed by atoms with Crippen molar-refractivity contribution in [3.8, 4) is 5.75 Å². The zero-order chi connectivity index (χ0) is 21.1. The lowest BCUT2D eigenvalue weighted by Crippen LogP contribution is -2.43. The first-order chi connectivity index (χ1) is 14.5. The molecule has 1 aliphatic carbocycles. The Morgan fingerprint density at radius 2 is 1.70 bits per heavy atom. The number of carbonyl (C=O) groups is 2. The Bertz CT molecular complexity index is 723. The van der Waals surface area contributed by atoms with E-state index in [4.69, 9.17) is 4.74 Å². The summed E-state index contributed by atoms with van der Waals surface area (Å²) < 4.78 is 6.13. The molecule has 1 aromatic carbocycles. The maximum Gasteiger partial charge on any atom is 0.225 e. The Kier molecular flexibility index (Phi) is 6.64. The number of rotatable bonds is 6. The first-order valence-electron chi connectivity index (χ1n) is 11.8. The second kappa shape index (κ2) is 9.40. The SMILES string of the molecule is CC(C)C(=O)N1CCC([C@@H]2CN(C(=O)C3CCC3)C[C@H]2COc2ccccc2)CC1. The summed E-state index contributed by atoms with van der Waals surface area (Å²) in [6.45, 7) is 7.99. The molecule has 2 amide bonds. The Morgan fingerprint density at radius 3 is 2.30 bits per heavy atom. The van der Waals surface area contributed by atoms with Gasteiger partial charge in [-0.25, -0.2) is 0 Å². The van der Waals surface area contributed by atoms with Gasteiger partial charge in [-0.3, -0.25) is 9.59 Å². The van der Waals surface area contributed by atoms with Crippen molar-refractivity contribution in [2.75, 3.05) is 32.8 Å². The van der Waals surface area contributed by atoms with E-state index in [-0.39, 0.29) is 17.7 Å². The lowest BCUT2D eigenvalue weighted by atomic mass is 9.78. The largest absolute Gasteiger partial charge is 0.493 e. The third-order valence-electron chi connectivity index (χ3n) is 7.42. The number of piperidine rings is 1. The van der Waals surface area contributed by atoms with Gasteiger partial charge in [0.25, 0.3) is 0 Å². The average Bonchev–Trinajstić information content (AvgIpc) is 3.15. The average molecular weight is 413 g/mol. The van der Waals surface area contributed by atoms with Gasteiger partial charge in [-0.1, -0.05) is 38.5 Å². The summed E-state index contributed by atoms with van der Waals surface area (Å²) in [5, 5.41) is 0. The molecule has 0 aromatic heterocycles. The van der Waals surface area contributed by atoms with Crippen LogP contribution in [-0.4, -0.2) is 54.4 Å². The van der Waals surface area contributed by atoms with E-state index in [1.807, 2.05) is 49.1 Å². The number of hydrogen-bond donors (Lipinski definition) is 0. The summed E-state index contributed by atoms with van der Waals surface area (Å²) in [6.07, 6.45) is 5.38. The van der Waals surface area contributed by atoms with Gasteiger partial charge >= 0.3 is 0 Å². The molecule has 3 aliphatic rings. The molecular weight excluding hydrogens is 376 g/mol. The molecule has 2 heterocycles. The summed E-state index contributed by atoms with van der Waals surface area (Å²) in [6, 6.07) is 9.98. The number of carbonyl (C=O) groups excluding carboxylic acids is 2. The van der Waals surface area contributed by atoms with Gasteiger partial charge in [-0.2, -0.15) is 0 Å². The molecule has 2 aliphatic heterocycles. The minimum atomic E-state index is 0.0654. The number of hydrogen-bond acceptors (Lipinski definition) is 3. The monoisotopic (exact) mass is 412 g/mol. The highest BCUT2D eigenvalue weighted by Crippen LogP contribution is 2.38. The van der Waals surface area contributed by atoms with Crippen LogP contribution in [0.5, 0.6) is 5.75 Å². The summed E-state index contributed by atoms with van der Waals surface area (Å²) in [4.78, 5) is 29.4. The summed E-state index contributed by atoms with van der Waals surface area (Å²) in [5.41, 5.74) is 0. The standard InChI is InChI=1S/C25H36N2O3/c1-18(2)24(28)26-13-11-19(12-14-26)23-16-27(25(29)20-7-6-8-20)15-21(23)17-30-22-9-4-3-5-10-22/h3-5,9-10,18-21,23H,6-8,11-17H2,1-2H3/t21-,23-/m0/s1. The molecule has 5 heteroatoms. The van der Waals surface area contributed by atoms with E-state index in [9.17, 15) is 9.59 Å². The number of para-hydroxylation sites is 1. The first kappa shape index (κ1) is 21.2. The van der Waals surface area contributed by atoms with Gasteiger partial charge in [0.2, 0.25) is 11.8 Å². The Labute approximate surface area is 180 Å². The Hall–Kier alpha value is -2.04. The van der Waals surface area contributed by atoms with Crippen LogP contribution in [0.2, 0.25) is 0 Å². The van der Waals surface area contributed by atoms with Crippen molar-refractivity contribution in [1.29, 1.82) is 0 Å². The molecular formula is C25H36N2O3. The van der Waals surface area contributed by atoms with Crippen LogP contribution < -0.4 is 4.74 Å². The molecule has 0 unspecified atom stereocenters. The van der Waals surface area contributed by atoms with Crippen LogP contribution in [0.1, 0.15) is 46.0 Å². The normalized spacial score (nSPS) is 25.4. The van der Waals surface area contributed by atoms with E-state index in [1.165, 1.54) is 6.42 Å². The highest BCUT2D eigenvalue weighted by molar-refractivity contribution is 5.80. The summed E-state index contributed by atoms with van der Waals surface area (Å²) in [5.74, 6) is 3.25. The van der Waals surface area contributed by atoms with Crippen molar-refractivity contribution in [3.63, 3.8) is 0 Å². The topological polar surface area (TPSA) is 49.9 Å². The van der Waals surface area contributed by atoms with Crippen LogP contribution in [0.3, 0.4) is 0 Å². The van der Waals surface area contributed by atoms with Gasteiger partial charge in [0.1, 0.15) is 5.75 Å². The summed E-state index contributed by atoms with van der Waals surface area (Å²) >= 11 is 0. The molecule has 0 spiro atoms. The highest BCUT2D eigenvalue weighted by atomic mass is 16.5. The lowest BCUT2D eigenvalue weighted by Gasteiger charge is -2.37. The fraction of sp³-hybridized carbons (Fsp3) is 0.680. The Morgan fingerprint density at radius 1 is 1.00 bits per heavy atom. The van der Waals surface area contributed by atoms with E-state index >= 15 is 0 Å². The molecule has 0 bridgehead atoms. The van der Waals surface area contributed by atoms with Gasteiger partial charge in [0, 0.05) is 43.9 Å². The van der Waals surface area contributed by atoms with Crippen LogP contribution in [-0.2, 0) is 9.59 Å². The third kappa shape index (κ3) is 4.65. The van der Waals surface area contributed by atoms with Gasteiger partial charge < -0.3 is 14.5 Å². The second-order valence-electron chi connectivity index (χ2n) is 9.74. The second-order valence-corrected chi connectivity index (χ2v) is 9.74. The van der Waals surface area contributed by atoms with E-state index in [0.717, 1.165) is 57.6 Å². The van der Waals surface area contributed by atoms with Gasteiger partial charge in [0.15, 0.2) is 0 Å². The van der Waals surface area contributed by atoms with Gasteiger partial charge in [-0.05, 0) is 49.7 Å². The lowest BCUT2D eigenvalue weighted by molar-refractivity contribution is -0.137. The van der Waals surface area contributed by atoms with Crippen LogP contribution >= 0.6 is 0 Å². The smallest absolute Gasteiger partial charge is 0.225 e. The van der Waals surface area contributed by atoms with Crippen molar-refractivity contribution >= 4 is 11.8 Å². The number of likely N-dealkylation sites (tertiary alicyclic amines) is 2. The molecule has 3 fully saturated rings. The molecule has 164 valence electrons. The molecule has 4 rings (SSSR count). The quantitative estimate of drug-likeness (QED) is 0.713. The van der Waals surface area contributed by atoms with Crippen molar-refractivity contribution in [1.82, 2.24) is 9.80 Å². The Balaban J connectivity index is 1.40. The third-order valence-corrected chi connectivity index (χ3v) is 7.42. The number of benzene rings is 1. The molecule has 1 aromatic rings. The number of amides is 2. The maximum absolute atomic E-state index is 12.9. The molecule has 2 atom stereocenters. The van der Waals surface area contributed by atoms with Crippen molar-refractivity contribution < 1.29 is 14.3 Å². The number of ether oxygens (including phenoxy) is 1. The zero-order valence-electron chi connectivity index (χ0n) is 18.5.